The molecule has 0 heterocycles. The Morgan fingerprint density at radius 2 is 1.95 bits per heavy atom. The van der Waals surface area contributed by atoms with Crippen molar-refractivity contribution in [1.29, 1.82) is 0 Å². The molecule has 0 fully saturated rings. The second-order valence-electron chi connectivity index (χ2n) is 4.26. The van der Waals surface area contributed by atoms with E-state index in [9.17, 15) is 13.2 Å². The number of benzene rings is 1. The van der Waals surface area contributed by atoms with Gasteiger partial charge in [0.25, 0.3) is 15.9 Å². The van der Waals surface area contributed by atoms with Gasteiger partial charge < -0.3 is 5.73 Å². The third-order valence-electron chi connectivity index (χ3n) is 2.65. The maximum Gasteiger partial charge on any atom is 0.280 e. The van der Waals surface area contributed by atoms with E-state index >= 15 is 0 Å². The van der Waals surface area contributed by atoms with Crippen molar-refractivity contribution in [3.63, 3.8) is 0 Å². The van der Waals surface area contributed by atoms with E-state index in [0.29, 0.717) is 12.2 Å². The molecule has 20 heavy (non-hydrogen) atoms. The highest BCUT2D eigenvalue weighted by Crippen LogP contribution is 2.19. The SMILES string of the molecule is CSCC[C@H](N)C(=O)N(Cl)S(=O)(=O)c1ccc(C)cc1. The minimum absolute atomic E-state index is 0.0384. The van der Waals surface area contributed by atoms with Crippen molar-refractivity contribution in [2.45, 2.75) is 24.3 Å². The van der Waals surface area contributed by atoms with Crippen LogP contribution in [0.25, 0.3) is 0 Å². The van der Waals surface area contributed by atoms with Crippen LogP contribution in [0.5, 0.6) is 0 Å². The molecule has 0 aliphatic heterocycles. The van der Waals surface area contributed by atoms with E-state index in [1.54, 1.807) is 12.1 Å². The third kappa shape index (κ3) is 4.12. The molecule has 0 aliphatic carbocycles. The fraction of sp³-hybridized carbons (Fsp3) is 0.417. The first-order valence-electron chi connectivity index (χ1n) is 5.87. The number of hydrogen-bond acceptors (Lipinski definition) is 5. The second-order valence-corrected chi connectivity index (χ2v) is 7.57. The molecule has 2 N–H and O–H groups in total. The molecule has 1 aromatic carbocycles. The van der Waals surface area contributed by atoms with Gasteiger partial charge in [0.15, 0.2) is 0 Å². The molecule has 1 rings (SSSR count). The highest BCUT2D eigenvalue weighted by molar-refractivity contribution is 7.98. The Morgan fingerprint density at radius 1 is 1.40 bits per heavy atom. The van der Waals surface area contributed by atoms with Crippen molar-refractivity contribution >= 4 is 39.5 Å². The zero-order valence-electron chi connectivity index (χ0n) is 11.2. The average molecular weight is 337 g/mol. The van der Waals surface area contributed by atoms with Gasteiger partial charge in [0.1, 0.15) is 0 Å². The fourth-order valence-corrected chi connectivity index (χ4v) is 3.31. The van der Waals surface area contributed by atoms with Gasteiger partial charge in [-0.2, -0.15) is 20.2 Å². The van der Waals surface area contributed by atoms with Gasteiger partial charge in [-0.05, 0) is 37.5 Å². The smallest absolute Gasteiger partial charge is 0.280 e. The van der Waals surface area contributed by atoms with Crippen molar-refractivity contribution in [2.24, 2.45) is 5.73 Å². The number of thioether (sulfide) groups is 1. The lowest BCUT2D eigenvalue weighted by Crippen LogP contribution is -2.42. The van der Waals surface area contributed by atoms with Crippen LogP contribution in [0.15, 0.2) is 29.2 Å². The Bertz CT molecular complexity index is 561. The van der Waals surface area contributed by atoms with E-state index in [1.807, 2.05) is 13.2 Å². The summed E-state index contributed by atoms with van der Waals surface area (Å²) in [6, 6.07) is 5.15. The number of sulfonamides is 1. The van der Waals surface area contributed by atoms with Crippen molar-refractivity contribution in [1.82, 2.24) is 3.82 Å². The van der Waals surface area contributed by atoms with Gasteiger partial charge in [-0.1, -0.05) is 17.7 Å². The monoisotopic (exact) mass is 336 g/mol. The van der Waals surface area contributed by atoms with Crippen molar-refractivity contribution in [3.05, 3.63) is 29.8 Å². The molecule has 0 radical (unpaired) electrons. The molecule has 5 nitrogen and oxygen atoms in total. The quantitative estimate of drug-likeness (QED) is 0.800. The number of rotatable bonds is 6. The first kappa shape index (κ1) is 17.3. The lowest BCUT2D eigenvalue weighted by atomic mass is 10.2. The first-order chi connectivity index (χ1) is 9.30. The molecule has 112 valence electrons. The Balaban J connectivity index is 2.91. The molecule has 0 spiro atoms. The van der Waals surface area contributed by atoms with Crippen LogP contribution in [0.4, 0.5) is 0 Å². The van der Waals surface area contributed by atoms with E-state index in [2.05, 4.69) is 0 Å². The molecule has 0 unspecified atom stereocenters. The van der Waals surface area contributed by atoms with Crippen LogP contribution in [0.3, 0.4) is 0 Å². The van der Waals surface area contributed by atoms with Gasteiger partial charge in [0.05, 0.1) is 10.9 Å². The van der Waals surface area contributed by atoms with E-state index < -0.39 is 22.0 Å². The van der Waals surface area contributed by atoms with Crippen LogP contribution >= 0.6 is 23.5 Å². The van der Waals surface area contributed by atoms with Gasteiger partial charge in [-0.3, -0.25) is 4.79 Å². The van der Waals surface area contributed by atoms with E-state index in [0.717, 1.165) is 5.56 Å². The lowest BCUT2D eigenvalue weighted by Gasteiger charge is -2.18. The van der Waals surface area contributed by atoms with Crippen LogP contribution in [-0.2, 0) is 14.8 Å². The molecular formula is C12H17ClN2O3S2. The molecule has 1 atom stereocenters. The molecule has 0 aliphatic rings. The van der Waals surface area contributed by atoms with Crippen LogP contribution in [-0.4, -0.2) is 36.2 Å². The minimum atomic E-state index is -4.06. The van der Waals surface area contributed by atoms with Crippen LogP contribution in [0.1, 0.15) is 12.0 Å². The summed E-state index contributed by atoms with van der Waals surface area (Å²) < 4.78 is 24.6. The maximum absolute atomic E-state index is 12.2. The van der Waals surface area contributed by atoms with Crippen molar-refractivity contribution in [2.75, 3.05) is 12.0 Å². The van der Waals surface area contributed by atoms with Gasteiger partial charge in [-0.15, -0.1) is 3.82 Å². The van der Waals surface area contributed by atoms with Gasteiger partial charge >= 0.3 is 0 Å². The topological polar surface area (TPSA) is 80.5 Å². The number of hydrogen-bond donors (Lipinski definition) is 1. The molecule has 0 bridgehead atoms. The Morgan fingerprint density at radius 3 is 2.45 bits per heavy atom. The number of halogens is 1. The van der Waals surface area contributed by atoms with E-state index in [1.165, 1.54) is 23.9 Å². The molecule has 1 amide bonds. The predicted octanol–water partition coefficient (Wildman–Crippen LogP) is 1.75. The number of nitrogens with zero attached hydrogens (tertiary/aromatic N) is 1. The zero-order valence-corrected chi connectivity index (χ0v) is 13.6. The summed E-state index contributed by atoms with van der Waals surface area (Å²) in [6.07, 6.45) is 2.24. The van der Waals surface area contributed by atoms with Crippen LogP contribution < -0.4 is 5.73 Å². The highest BCUT2D eigenvalue weighted by atomic mass is 35.5. The van der Waals surface area contributed by atoms with Gasteiger partial charge in [0.2, 0.25) is 0 Å². The Hall–Kier alpha value is -0.760. The van der Waals surface area contributed by atoms with Crippen molar-refractivity contribution < 1.29 is 13.2 Å². The summed E-state index contributed by atoms with van der Waals surface area (Å²) in [4.78, 5) is 11.9. The molecular weight excluding hydrogens is 320 g/mol. The number of carbonyl (C=O) groups excluding carboxylic acids is 1. The molecule has 0 saturated carbocycles. The Kier molecular flexibility index (Phi) is 6.32. The standard InChI is InChI=1S/C12H17ClN2O3S2/c1-9-3-5-10(6-4-9)20(17,18)15(13)12(16)11(14)7-8-19-2/h3-6,11H,7-8,14H2,1-2H3/t11-/m0/s1. The second kappa shape index (κ2) is 7.31. The molecule has 1 aromatic rings. The number of nitrogens with two attached hydrogens (primary N) is 1. The van der Waals surface area contributed by atoms with Gasteiger partial charge in [-0.25, -0.2) is 0 Å². The average Bonchev–Trinajstić information content (AvgIpc) is 2.43. The van der Waals surface area contributed by atoms with Gasteiger partial charge in [0, 0.05) is 11.8 Å². The number of carbonyl (C=O) groups is 1. The summed E-state index contributed by atoms with van der Waals surface area (Å²) in [5.41, 5.74) is 6.56. The molecule has 0 saturated heterocycles. The zero-order chi connectivity index (χ0) is 15.3. The minimum Gasteiger partial charge on any atom is -0.320 e. The number of amides is 1. The fourth-order valence-electron chi connectivity index (χ4n) is 1.42. The first-order valence-corrected chi connectivity index (χ1v) is 9.04. The number of aryl methyl sites for hydroxylation is 1. The normalized spacial score (nSPS) is 13.0. The summed E-state index contributed by atoms with van der Waals surface area (Å²) >= 11 is 7.20. The largest absolute Gasteiger partial charge is 0.320 e. The summed E-state index contributed by atoms with van der Waals surface area (Å²) in [7, 11) is -4.06. The highest BCUT2D eigenvalue weighted by Gasteiger charge is 2.31. The van der Waals surface area contributed by atoms with E-state index in [-0.39, 0.29) is 8.72 Å². The summed E-state index contributed by atoms with van der Waals surface area (Å²) in [5, 5.41) is 0. The van der Waals surface area contributed by atoms with Crippen molar-refractivity contribution in [3.8, 4) is 0 Å². The van der Waals surface area contributed by atoms with E-state index in [4.69, 9.17) is 17.5 Å². The lowest BCUT2D eigenvalue weighted by molar-refractivity contribution is -0.124. The third-order valence-corrected chi connectivity index (χ3v) is 5.48. The van der Waals surface area contributed by atoms with Crippen LogP contribution in [0.2, 0.25) is 0 Å². The van der Waals surface area contributed by atoms with Crippen LogP contribution in [0, 0.1) is 6.92 Å². The molecule has 8 heteroatoms. The summed E-state index contributed by atoms with van der Waals surface area (Å²) in [6.45, 7) is 1.83. The summed E-state index contributed by atoms with van der Waals surface area (Å²) in [5.74, 6) is -0.163. The predicted molar refractivity (Wildman–Crippen MR) is 82.0 cm³/mol. The maximum atomic E-state index is 12.2. The molecule has 0 aromatic heterocycles. The Labute approximate surface area is 128 Å².